The van der Waals surface area contributed by atoms with Crippen molar-refractivity contribution in [1.82, 2.24) is 0 Å². The maximum absolute atomic E-state index is 13.8. The van der Waals surface area contributed by atoms with E-state index in [-0.39, 0.29) is 47.3 Å². The minimum absolute atomic E-state index is 0.150. The van der Waals surface area contributed by atoms with E-state index in [4.69, 9.17) is 33.2 Å². The highest BCUT2D eigenvalue weighted by atomic mass is 16.8. The fourth-order valence-corrected chi connectivity index (χ4v) is 14.5. The van der Waals surface area contributed by atoms with Crippen molar-refractivity contribution in [2.75, 3.05) is 19.8 Å². The molecule has 1 spiro atoms. The molecule has 17 heteroatoms. The maximum Gasteiger partial charge on any atom is 0.317 e. The molecule has 0 aromatic heterocycles. The van der Waals surface area contributed by atoms with Gasteiger partial charge in [0.05, 0.1) is 31.3 Å². The molecule has 0 unspecified atom stereocenters. The van der Waals surface area contributed by atoms with Gasteiger partial charge < -0.3 is 79.1 Å². The van der Waals surface area contributed by atoms with Gasteiger partial charge in [0.15, 0.2) is 18.9 Å². The first-order valence-electron chi connectivity index (χ1n) is 23.0. The SMILES string of the molecule is CC1(C)[C@@H](O[C@@H]2OC[C@H](O)[C@H](O[C@@H]3O[C@H](CO)[C@@H](O)[C@H](O)[C@H]3O)[C@H]2O[C@@H]2OC[C@H](O)[C@@H](O)[C@H]2O)CC[C@]2(C)[C@H]3C=CC4=C5[C@]6(CC[C@](C)(OC6=O)[C@@]5(C)O)CC[C@@]4(C)[C@]3(C)CC[C@@H]12. The number of carbonyl (C=O) groups excluding carboxylic acids is 1. The van der Waals surface area contributed by atoms with E-state index in [1.165, 1.54) is 0 Å². The van der Waals surface area contributed by atoms with Crippen LogP contribution in [-0.4, -0.2) is 169 Å². The van der Waals surface area contributed by atoms with Crippen LogP contribution in [0, 0.1) is 38.9 Å². The first-order valence-corrected chi connectivity index (χ1v) is 23.0. The Labute approximate surface area is 368 Å². The van der Waals surface area contributed by atoms with Gasteiger partial charge in [-0.3, -0.25) is 4.79 Å². The molecule has 0 aromatic rings. The summed E-state index contributed by atoms with van der Waals surface area (Å²) in [6.45, 7) is 13.8. The summed E-state index contributed by atoms with van der Waals surface area (Å²) in [7, 11) is 0. The zero-order valence-electron chi connectivity index (χ0n) is 37.5. The average Bonchev–Trinajstić information content (AvgIpc) is 3.22. The Balaban J connectivity index is 1.01. The summed E-state index contributed by atoms with van der Waals surface area (Å²) in [6, 6.07) is 0. The van der Waals surface area contributed by atoms with Crippen molar-refractivity contribution in [3.05, 3.63) is 23.3 Å². The van der Waals surface area contributed by atoms with Gasteiger partial charge >= 0.3 is 5.97 Å². The molecule has 0 radical (unpaired) electrons. The van der Waals surface area contributed by atoms with Crippen LogP contribution in [0.3, 0.4) is 0 Å². The normalized spacial score (nSPS) is 56.2. The number of hydrogen-bond acceptors (Lipinski definition) is 17. The van der Waals surface area contributed by atoms with Crippen LogP contribution in [0.4, 0.5) is 0 Å². The third-order valence-electron chi connectivity index (χ3n) is 18.8. The summed E-state index contributed by atoms with van der Waals surface area (Å²) < 4.78 is 42.7. The smallest absolute Gasteiger partial charge is 0.317 e. The number of carbonyl (C=O) groups is 1. The largest absolute Gasteiger partial charge is 0.455 e. The van der Waals surface area contributed by atoms with E-state index in [1.54, 1.807) is 0 Å². The van der Waals surface area contributed by atoms with E-state index in [2.05, 4.69) is 46.8 Å². The van der Waals surface area contributed by atoms with Crippen molar-refractivity contribution >= 4 is 5.97 Å². The highest BCUT2D eigenvalue weighted by Crippen LogP contribution is 2.75. The maximum atomic E-state index is 13.8. The van der Waals surface area contributed by atoms with Gasteiger partial charge in [0.2, 0.25) is 0 Å². The summed E-state index contributed by atoms with van der Waals surface area (Å²) in [4.78, 5) is 13.8. The zero-order valence-corrected chi connectivity index (χ0v) is 37.5. The fraction of sp³-hybridized carbons (Fsp3) is 0.891. The van der Waals surface area contributed by atoms with Crippen LogP contribution in [0.1, 0.15) is 99.8 Å². The fourth-order valence-electron chi connectivity index (χ4n) is 14.5. The third kappa shape index (κ3) is 6.46. The standard InChI is InChI=1S/C46H70O17/c1-40(2)25-10-13-43(5)26(9-8-21-35-45(7,56)44(6)15-17-46(35,39(55)63-44)16-14-42(21,43)4)41(25,3)12-11-27(40)60-38-34(62-36-31(53)28(50)22(48)19-57-36)33(23(49)20-58-38)61-37-32(54)30(52)29(51)24(18-47)59-37/h8-9,22-34,36-38,47-54,56H,10-20H2,1-7H3/t22-,23-,24+,25-,26+,27-,28+,29+,30-,31+,32+,33-,34+,36-,37-,38-,41-,42+,43+,44-,45-,46+/m0/s1. The predicted molar refractivity (Wildman–Crippen MR) is 218 cm³/mol. The van der Waals surface area contributed by atoms with Crippen LogP contribution in [0.15, 0.2) is 23.3 Å². The highest BCUT2D eigenvalue weighted by molar-refractivity contribution is 5.86. The van der Waals surface area contributed by atoms with Crippen LogP contribution in [0.2, 0.25) is 0 Å². The van der Waals surface area contributed by atoms with Crippen LogP contribution in [0.5, 0.6) is 0 Å². The molecular formula is C46H70O17. The number of allylic oxidation sites excluding steroid dienone is 3. The molecular weight excluding hydrogens is 824 g/mol. The molecule has 0 aromatic carbocycles. The van der Waals surface area contributed by atoms with Gasteiger partial charge in [-0.05, 0) is 110 Å². The second-order valence-corrected chi connectivity index (χ2v) is 22.1. The summed E-state index contributed by atoms with van der Waals surface area (Å²) in [6.07, 6.45) is -9.97. The summed E-state index contributed by atoms with van der Waals surface area (Å²) in [5, 5.41) is 97.0. The van der Waals surface area contributed by atoms with Crippen LogP contribution in [-0.2, 0) is 38.0 Å². The van der Waals surface area contributed by atoms with Crippen LogP contribution in [0.25, 0.3) is 0 Å². The molecule has 5 heterocycles. The predicted octanol–water partition coefficient (Wildman–Crippen LogP) is 0.470. The van der Waals surface area contributed by atoms with E-state index in [0.717, 1.165) is 36.8 Å². The van der Waals surface area contributed by atoms with Crippen molar-refractivity contribution in [1.29, 1.82) is 0 Å². The lowest BCUT2D eigenvalue weighted by atomic mass is 9.35. The van der Waals surface area contributed by atoms with Gasteiger partial charge in [-0.15, -0.1) is 0 Å². The molecule has 8 fully saturated rings. The molecule has 2 bridgehead atoms. The van der Waals surface area contributed by atoms with E-state index >= 15 is 0 Å². The Hall–Kier alpha value is -1.65. The Morgan fingerprint density at radius 3 is 2.05 bits per heavy atom. The molecule has 9 N–H and O–H groups in total. The molecule has 63 heavy (non-hydrogen) atoms. The van der Waals surface area contributed by atoms with E-state index in [1.807, 2.05) is 13.8 Å². The van der Waals surface area contributed by atoms with Crippen LogP contribution >= 0.6 is 0 Å². The molecule has 10 rings (SSSR count). The van der Waals surface area contributed by atoms with Crippen molar-refractivity contribution in [2.24, 2.45) is 38.9 Å². The lowest BCUT2D eigenvalue weighted by Crippen LogP contribution is -2.71. The second kappa shape index (κ2) is 15.4. The Bertz CT molecular complexity index is 1850. The number of rotatable bonds is 7. The molecule has 356 valence electrons. The van der Waals surface area contributed by atoms with Gasteiger partial charge in [-0.25, -0.2) is 0 Å². The Kier molecular flexibility index (Phi) is 11.4. The van der Waals surface area contributed by atoms with Crippen molar-refractivity contribution in [2.45, 2.75) is 197 Å². The highest BCUT2D eigenvalue weighted by Gasteiger charge is 2.73. The first kappa shape index (κ1) is 46.5. The molecule has 17 nitrogen and oxygen atoms in total. The monoisotopic (exact) mass is 894 g/mol. The summed E-state index contributed by atoms with van der Waals surface area (Å²) in [5.41, 5.74) is -2.34. The lowest BCUT2D eigenvalue weighted by Gasteiger charge is -2.71. The summed E-state index contributed by atoms with van der Waals surface area (Å²) in [5.74, 6) is 0.0935. The number of aliphatic hydroxyl groups excluding tert-OH is 8. The zero-order chi connectivity index (χ0) is 45.6. The second-order valence-electron chi connectivity index (χ2n) is 22.1. The van der Waals surface area contributed by atoms with Gasteiger partial charge in [0, 0.05) is 0 Å². The van der Waals surface area contributed by atoms with Gasteiger partial charge in [-0.2, -0.15) is 0 Å². The van der Waals surface area contributed by atoms with Gasteiger partial charge in [0.1, 0.15) is 72.2 Å². The average molecular weight is 895 g/mol. The molecule has 5 aliphatic carbocycles. The Morgan fingerprint density at radius 2 is 1.35 bits per heavy atom. The number of fused-ring (bicyclic) bond motifs is 7. The third-order valence-corrected chi connectivity index (χ3v) is 18.8. The van der Waals surface area contributed by atoms with Crippen molar-refractivity contribution < 1.29 is 83.9 Å². The molecule has 0 amide bonds. The Morgan fingerprint density at radius 1 is 0.698 bits per heavy atom. The molecule has 22 atom stereocenters. The molecule has 5 saturated heterocycles. The van der Waals surface area contributed by atoms with Gasteiger partial charge in [-0.1, -0.05) is 46.8 Å². The molecule has 10 aliphatic rings. The lowest BCUT2D eigenvalue weighted by molar-refractivity contribution is -0.383. The minimum atomic E-state index is -1.80. The van der Waals surface area contributed by atoms with E-state index in [9.17, 15) is 50.8 Å². The summed E-state index contributed by atoms with van der Waals surface area (Å²) >= 11 is 0. The minimum Gasteiger partial charge on any atom is -0.455 e. The van der Waals surface area contributed by atoms with Gasteiger partial charge in [0.25, 0.3) is 0 Å². The quantitative estimate of drug-likeness (QED) is 0.124. The van der Waals surface area contributed by atoms with Crippen LogP contribution < -0.4 is 0 Å². The molecule has 3 saturated carbocycles. The number of esters is 1. The number of hydrogen-bond donors (Lipinski definition) is 9. The van der Waals surface area contributed by atoms with E-state index < -0.39 is 115 Å². The topological polar surface area (TPSA) is 264 Å². The first-order chi connectivity index (χ1) is 29.4. The van der Waals surface area contributed by atoms with E-state index in [0.29, 0.717) is 25.7 Å². The van der Waals surface area contributed by atoms with Crippen molar-refractivity contribution in [3.8, 4) is 0 Å². The number of ether oxygens (including phenoxy) is 7. The molecule has 5 aliphatic heterocycles. The van der Waals surface area contributed by atoms with Crippen molar-refractivity contribution in [3.63, 3.8) is 0 Å². The number of aliphatic hydroxyl groups is 9.